The number of hydrogen-bond donors (Lipinski definition) is 2. The Morgan fingerprint density at radius 3 is 2.47 bits per heavy atom. The van der Waals surface area contributed by atoms with Crippen LogP contribution in [0.3, 0.4) is 0 Å². The SMILES string of the molecule is CN1C(=O)NS(=O)(=O)c2cc(S(N)(=O)=O)c(Cl)cc21. The number of hydrogen-bond acceptors (Lipinski definition) is 5. The van der Waals surface area contributed by atoms with Crippen LogP contribution in [0.5, 0.6) is 0 Å². The first-order chi connectivity index (χ1) is 8.54. The van der Waals surface area contributed by atoms with Gasteiger partial charge in [0.05, 0.1) is 10.7 Å². The number of urea groups is 1. The Labute approximate surface area is 114 Å². The molecule has 1 aliphatic rings. The second kappa shape index (κ2) is 4.07. The lowest BCUT2D eigenvalue weighted by Crippen LogP contribution is -2.45. The minimum atomic E-state index is -4.18. The van der Waals surface area contributed by atoms with Crippen LogP contribution in [0.15, 0.2) is 21.9 Å². The molecule has 0 bridgehead atoms. The summed E-state index contributed by atoms with van der Waals surface area (Å²) in [6, 6.07) is 1.01. The van der Waals surface area contributed by atoms with Gasteiger partial charge in [0, 0.05) is 7.05 Å². The predicted molar refractivity (Wildman–Crippen MR) is 66.9 cm³/mol. The number of halogens is 1. The minimum absolute atomic E-state index is 0.0267. The van der Waals surface area contributed by atoms with E-state index in [2.05, 4.69) is 0 Å². The summed E-state index contributed by atoms with van der Waals surface area (Å²) < 4.78 is 47.9. The zero-order valence-corrected chi connectivity index (χ0v) is 11.8. The van der Waals surface area contributed by atoms with Crippen LogP contribution in [-0.2, 0) is 20.0 Å². The number of carbonyl (C=O) groups is 1. The standard InChI is InChI=1S/C8H8ClN3O5S2/c1-12-5-2-4(9)6(18(10,14)15)3-7(5)19(16,17)11-8(12)13/h2-3H,1H3,(H,11,13)(H2,10,14,15). The van der Waals surface area contributed by atoms with Crippen LogP contribution in [0.1, 0.15) is 0 Å². The van der Waals surface area contributed by atoms with Crippen molar-refractivity contribution in [3.63, 3.8) is 0 Å². The molecule has 0 aromatic heterocycles. The lowest BCUT2D eigenvalue weighted by Gasteiger charge is -2.26. The van der Waals surface area contributed by atoms with Crippen molar-refractivity contribution >= 4 is 43.4 Å². The third-order valence-electron chi connectivity index (χ3n) is 2.50. The quantitative estimate of drug-likeness (QED) is 0.741. The molecule has 0 atom stereocenters. The lowest BCUT2D eigenvalue weighted by atomic mass is 10.3. The highest BCUT2D eigenvalue weighted by Gasteiger charge is 2.34. The molecule has 11 heteroatoms. The third-order valence-corrected chi connectivity index (χ3v) is 5.22. The van der Waals surface area contributed by atoms with Crippen molar-refractivity contribution < 1.29 is 21.6 Å². The number of anilines is 1. The van der Waals surface area contributed by atoms with Gasteiger partial charge in [-0.1, -0.05) is 11.6 Å². The topological polar surface area (TPSA) is 127 Å². The second-order valence-corrected chi connectivity index (χ2v) is 7.35. The van der Waals surface area contributed by atoms with E-state index in [0.717, 1.165) is 17.0 Å². The summed E-state index contributed by atoms with van der Waals surface area (Å²) in [7, 11) is -7.00. The number of rotatable bonds is 1. The fourth-order valence-electron chi connectivity index (χ4n) is 1.57. The van der Waals surface area contributed by atoms with E-state index in [1.807, 2.05) is 0 Å². The van der Waals surface area contributed by atoms with Gasteiger partial charge in [-0.2, -0.15) is 0 Å². The van der Waals surface area contributed by atoms with Crippen molar-refractivity contribution in [2.45, 2.75) is 9.79 Å². The summed E-state index contributed by atoms with van der Waals surface area (Å²) in [5.41, 5.74) is -0.0267. The molecule has 2 rings (SSSR count). The van der Waals surface area contributed by atoms with E-state index < -0.39 is 31.0 Å². The number of nitrogens with zero attached hydrogens (tertiary/aromatic N) is 1. The van der Waals surface area contributed by atoms with E-state index >= 15 is 0 Å². The normalized spacial score (nSPS) is 17.8. The highest BCUT2D eigenvalue weighted by molar-refractivity contribution is 7.90. The lowest BCUT2D eigenvalue weighted by molar-refractivity contribution is 0.251. The number of fused-ring (bicyclic) bond motifs is 1. The van der Waals surface area contributed by atoms with Crippen LogP contribution in [-0.4, -0.2) is 29.9 Å². The molecular formula is C8H8ClN3O5S2. The van der Waals surface area contributed by atoms with Crippen molar-refractivity contribution in [3.8, 4) is 0 Å². The Morgan fingerprint density at radius 2 is 1.95 bits per heavy atom. The van der Waals surface area contributed by atoms with E-state index in [9.17, 15) is 21.6 Å². The number of benzene rings is 1. The molecule has 0 saturated carbocycles. The average Bonchev–Trinajstić information content (AvgIpc) is 2.23. The van der Waals surface area contributed by atoms with Crippen LogP contribution >= 0.6 is 11.6 Å². The molecule has 104 valence electrons. The highest BCUT2D eigenvalue weighted by Crippen LogP contribution is 2.34. The van der Waals surface area contributed by atoms with Crippen molar-refractivity contribution in [3.05, 3.63) is 17.2 Å². The van der Waals surface area contributed by atoms with Gasteiger partial charge in [0.1, 0.15) is 9.79 Å². The first-order valence-corrected chi connectivity index (χ1v) is 8.11. The van der Waals surface area contributed by atoms with Crippen molar-refractivity contribution in [1.82, 2.24) is 4.72 Å². The van der Waals surface area contributed by atoms with E-state index in [4.69, 9.17) is 16.7 Å². The van der Waals surface area contributed by atoms with Crippen molar-refractivity contribution in [2.24, 2.45) is 5.14 Å². The summed E-state index contributed by atoms with van der Waals surface area (Å²) >= 11 is 5.74. The number of carbonyl (C=O) groups excluding carboxylic acids is 1. The Bertz CT molecular complexity index is 787. The summed E-state index contributed by atoms with van der Waals surface area (Å²) in [6.45, 7) is 0. The molecule has 2 amide bonds. The molecule has 1 heterocycles. The highest BCUT2D eigenvalue weighted by atomic mass is 35.5. The van der Waals surface area contributed by atoms with Gasteiger partial charge in [0.15, 0.2) is 0 Å². The van der Waals surface area contributed by atoms with Gasteiger partial charge in [-0.05, 0) is 12.1 Å². The monoisotopic (exact) mass is 325 g/mol. The first-order valence-electron chi connectivity index (χ1n) is 4.71. The molecule has 0 fully saturated rings. The van der Waals surface area contributed by atoms with Crippen molar-refractivity contribution in [1.29, 1.82) is 0 Å². The van der Waals surface area contributed by atoms with Gasteiger partial charge in [-0.3, -0.25) is 4.90 Å². The van der Waals surface area contributed by atoms with E-state index in [1.165, 1.54) is 7.05 Å². The average molecular weight is 326 g/mol. The summed E-state index contributed by atoms with van der Waals surface area (Å²) in [4.78, 5) is 11.5. The van der Waals surface area contributed by atoms with E-state index in [0.29, 0.717) is 0 Å². The summed E-state index contributed by atoms with van der Waals surface area (Å²) in [6.07, 6.45) is 0. The Balaban J connectivity index is 2.86. The number of nitrogens with one attached hydrogen (secondary N) is 1. The summed E-state index contributed by atoms with van der Waals surface area (Å²) in [5.74, 6) is 0. The molecule has 0 saturated heterocycles. The molecule has 0 spiro atoms. The zero-order chi connectivity index (χ0) is 14.6. The Kier molecular flexibility index (Phi) is 3.01. The molecule has 3 N–H and O–H groups in total. The molecule has 0 unspecified atom stereocenters. The van der Waals surface area contributed by atoms with Gasteiger partial charge < -0.3 is 0 Å². The van der Waals surface area contributed by atoms with Crippen LogP contribution in [0.2, 0.25) is 5.02 Å². The fraction of sp³-hybridized carbons (Fsp3) is 0.125. The largest absolute Gasteiger partial charge is 0.335 e. The van der Waals surface area contributed by atoms with E-state index in [-0.39, 0.29) is 15.6 Å². The first kappa shape index (κ1) is 14.1. The van der Waals surface area contributed by atoms with Gasteiger partial charge in [-0.25, -0.2) is 31.5 Å². The second-order valence-electron chi connectivity index (χ2n) is 3.77. The molecular weight excluding hydrogens is 318 g/mol. The molecule has 0 aliphatic carbocycles. The maximum atomic E-state index is 11.8. The van der Waals surface area contributed by atoms with Gasteiger partial charge in [-0.15, -0.1) is 0 Å². The minimum Gasteiger partial charge on any atom is -0.295 e. The molecule has 1 aliphatic heterocycles. The van der Waals surface area contributed by atoms with Gasteiger partial charge in [0.2, 0.25) is 10.0 Å². The van der Waals surface area contributed by atoms with Crippen LogP contribution < -0.4 is 14.8 Å². The van der Waals surface area contributed by atoms with Crippen molar-refractivity contribution in [2.75, 3.05) is 11.9 Å². The maximum absolute atomic E-state index is 11.8. The van der Waals surface area contributed by atoms with Gasteiger partial charge >= 0.3 is 6.03 Å². The smallest absolute Gasteiger partial charge is 0.295 e. The Hall–Kier alpha value is -1.36. The van der Waals surface area contributed by atoms with Crippen LogP contribution in [0.25, 0.3) is 0 Å². The maximum Gasteiger partial charge on any atom is 0.335 e. The molecule has 19 heavy (non-hydrogen) atoms. The predicted octanol–water partition coefficient (Wildman–Crippen LogP) is -0.164. The molecule has 1 aromatic carbocycles. The zero-order valence-electron chi connectivity index (χ0n) is 9.41. The molecule has 0 radical (unpaired) electrons. The third kappa shape index (κ3) is 2.27. The summed E-state index contributed by atoms with van der Waals surface area (Å²) in [5, 5.41) is 4.67. The number of nitrogens with two attached hydrogens (primary N) is 1. The number of amides is 2. The number of primary sulfonamides is 1. The van der Waals surface area contributed by atoms with Crippen LogP contribution in [0, 0.1) is 0 Å². The Morgan fingerprint density at radius 1 is 1.37 bits per heavy atom. The van der Waals surface area contributed by atoms with Crippen LogP contribution in [0.4, 0.5) is 10.5 Å². The molecule has 1 aromatic rings. The molecule has 8 nitrogen and oxygen atoms in total. The van der Waals surface area contributed by atoms with E-state index in [1.54, 1.807) is 4.72 Å². The van der Waals surface area contributed by atoms with Gasteiger partial charge in [0.25, 0.3) is 10.0 Å². The fourth-order valence-corrected chi connectivity index (χ4v) is 3.96. The number of sulfonamides is 2.